The molecule has 0 heterocycles. The maximum Gasteiger partial charge on any atom is -0.00182 e. The third kappa shape index (κ3) is 2.96. The van der Waals surface area contributed by atoms with Crippen molar-refractivity contribution in [3.63, 3.8) is 0 Å². The lowest BCUT2D eigenvalue weighted by atomic mass is 9.73. The lowest BCUT2D eigenvalue weighted by Crippen LogP contribution is -2.32. The van der Waals surface area contributed by atoms with Gasteiger partial charge in [0.2, 0.25) is 0 Å². The number of nitrogens with one attached hydrogen (secondary N) is 1. The molecule has 1 unspecified atom stereocenters. The van der Waals surface area contributed by atoms with Crippen molar-refractivity contribution in [3.8, 4) is 0 Å². The largest absolute Gasteiger partial charge is 0.319 e. The lowest BCUT2D eigenvalue weighted by Gasteiger charge is -2.34. The van der Waals surface area contributed by atoms with Gasteiger partial charge in [-0.3, -0.25) is 0 Å². The molecule has 0 radical (unpaired) electrons. The Hall–Kier alpha value is -0.0400. The molecule has 0 spiro atoms. The molecule has 2 fully saturated rings. The zero-order chi connectivity index (χ0) is 10.5. The first-order chi connectivity index (χ1) is 7.42. The molecule has 0 aromatic rings. The van der Waals surface area contributed by atoms with Gasteiger partial charge in [-0.1, -0.05) is 57.8 Å². The van der Waals surface area contributed by atoms with Crippen molar-refractivity contribution in [2.24, 2.45) is 17.8 Å². The fourth-order valence-electron chi connectivity index (χ4n) is 3.90. The van der Waals surface area contributed by atoms with Gasteiger partial charge < -0.3 is 5.32 Å². The summed E-state index contributed by atoms with van der Waals surface area (Å²) in [6.07, 6.45) is 13.6. The summed E-state index contributed by atoms with van der Waals surface area (Å²) in [7, 11) is 2.13. The highest BCUT2D eigenvalue weighted by molar-refractivity contribution is 4.83. The highest BCUT2D eigenvalue weighted by atomic mass is 14.8. The summed E-state index contributed by atoms with van der Waals surface area (Å²) in [6, 6.07) is 0. The van der Waals surface area contributed by atoms with Gasteiger partial charge in [0, 0.05) is 0 Å². The van der Waals surface area contributed by atoms with Crippen LogP contribution in [0.25, 0.3) is 0 Å². The van der Waals surface area contributed by atoms with E-state index in [0.717, 1.165) is 17.8 Å². The summed E-state index contributed by atoms with van der Waals surface area (Å²) < 4.78 is 0. The zero-order valence-corrected chi connectivity index (χ0v) is 10.3. The molecule has 2 aliphatic carbocycles. The minimum absolute atomic E-state index is 0.998. The molecule has 1 N–H and O–H groups in total. The Morgan fingerprint density at radius 2 is 1.33 bits per heavy atom. The van der Waals surface area contributed by atoms with E-state index in [0.29, 0.717) is 0 Å². The molecule has 2 saturated carbocycles. The molecular formula is C14H27N. The van der Waals surface area contributed by atoms with Crippen LogP contribution in [0.2, 0.25) is 0 Å². The van der Waals surface area contributed by atoms with Gasteiger partial charge in [0.15, 0.2) is 0 Å². The molecule has 0 aromatic carbocycles. The molecule has 2 aliphatic rings. The number of hydrogen-bond acceptors (Lipinski definition) is 1. The minimum atomic E-state index is 0.998. The van der Waals surface area contributed by atoms with E-state index in [4.69, 9.17) is 0 Å². The van der Waals surface area contributed by atoms with Crippen molar-refractivity contribution in [2.75, 3.05) is 13.6 Å². The Morgan fingerprint density at radius 3 is 1.80 bits per heavy atom. The Morgan fingerprint density at radius 1 is 0.867 bits per heavy atom. The first kappa shape index (κ1) is 11.4. The Bertz CT molecular complexity index is 166. The minimum Gasteiger partial charge on any atom is -0.319 e. The van der Waals surface area contributed by atoms with Crippen LogP contribution in [-0.2, 0) is 0 Å². The quantitative estimate of drug-likeness (QED) is 0.746. The molecule has 1 heteroatoms. The van der Waals surface area contributed by atoms with Crippen LogP contribution in [0.4, 0.5) is 0 Å². The van der Waals surface area contributed by atoms with Crippen LogP contribution in [0.1, 0.15) is 57.8 Å². The van der Waals surface area contributed by atoms with E-state index in [1.807, 2.05) is 0 Å². The summed E-state index contributed by atoms with van der Waals surface area (Å²) in [5, 5.41) is 3.44. The number of rotatable bonds is 4. The van der Waals surface area contributed by atoms with E-state index in [1.54, 1.807) is 0 Å². The summed E-state index contributed by atoms with van der Waals surface area (Å²) in [5.41, 5.74) is 0. The predicted molar refractivity (Wildman–Crippen MR) is 65.9 cm³/mol. The Kier molecular flexibility index (Phi) is 4.49. The molecule has 1 nitrogen and oxygen atoms in total. The highest BCUT2D eigenvalue weighted by Gasteiger charge is 2.31. The van der Waals surface area contributed by atoms with Gasteiger partial charge in [-0.05, 0) is 31.3 Å². The van der Waals surface area contributed by atoms with Gasteiger partial charge in [0.25, 0.3) is 0 Å². The number of hydrogen-bond donors (Lipinski definition) is 1. The van der Waals surface area contributed by atoms with Gasteiger partial charge in [-0.15, -0.1) is 0 Å². The van der Waals surface area contributed by atoms with Crippen molar-refractivity contribution in [1.29, 1.82) is 0 Å². The Balaban J connectivity index is 1.90. The molecular weight excluding hydrogens is 182 g/mol. The average molecular weight is 209 g/mol. The maximum absolute atomic E-state index is 3.44. The molecule has 0 aromatic heterocycles. The van der Waals surface area contributed by atoms with Crippen molar-refractivity contribution in [2.45, 2.75) is 57.8 Å². The van der Waals surface area contributed by atoms with Crippen molar-refractivity contribution in [3.05, 3.63) is 0 Å². The first-order valence-corrected chi connectivity index (χ1v) is 7.06. The monoisotopic (exact) mass is 209 g/mol. The van der Waals surface area contributed by atoms with Crippen LogP contribution in [0.5, 0.6) is 0 Å². The molecule has 0 saturated heterocycles. The first-order valence-electron chi connectivity index (χ1n) is 7.06. The van der Waals surface area contributed by atoms with Crippen LogP contribution in [0, 0.1) is 17.8 Å². The Labute approximate surface area is 95.0 Å². The van der Waals surface area contributed by atoms with Crippen LogP contribution < -0.4 is 5.32 Å². The highest BCUT2D eigenvalue weighted by Crippen LogP contribution is 2.40. The van der Waals surface area contributed by atoms with E-state index in [9.17, 15) is 0 Å². The molecule has 2 rings (SSSR count). The summed E-state index contributed by atoms with van der Waals surface area (Å²) in [6.45, 7) is 1.27. The molecule has 88 valence electrons. The second-order valence-corrected chi connectivity index (χ2v) is 5.66. The third-order valence-electron chi connectivity index (χ3n) is 4.70. The molecule has 0 bridgehead atoms. The summed E-state index contributed by atoms with van der Waals surface area (Å²) >= 11 is 0. The molecule has 15 heavy (non-hydrogen) atoms. The third-order valence-corrected chi connectivity index (χ3v) is 4.70. The van der Waals surface area contributed by atoms with Crippen LogP contribution in [0.15, 0.2) is 0 Å². The fraction of sp³-hybridized carbons (Fsp3) is 1.00. The average Bonchev–Trinajstić information content (AvgIpc) is 2.80. The van der Waals surface area contributed by atoms with E-state index >= 15 is 0 Å². The van der Waals surface area contributed by atoms with Crippen LogP contribution in [-0.4, -0.2) is 13.6 Å². The summed E-state index contributed by atoms with van der Waals surface area (Å²) in [4.78, 5) is 0. The van der Waals surface area contributed by atoms with Gasteiger partial charge in [0.1, 0.15) is 0 Å². The maximum atomic E-state index is 3.44. The molecule has 0 aliphatic heterocycles. The van der Waals surface area contributed by atoms with Crippen molar-refractivity contribution < 1.29 is 0 Å². The second-order valence-electron chi connectivity index (χ2n) is 5.66. The van der Waals surface area contributed by atoms with Gasteiger partial charge in [0.05, 0.1) is 0 Å². The topological polar surface area (TPSA) is 12.0 Å². The fourth-order valence-corrected chi connectivity index (χ4v) is 3.90. The molecule has 1 atom stereocenters. The van der Waals surface area contributed by atoms with E-state index in [1.165, 1.54) is 64.3 Å². The van der Waals surface area contributed by atoms with E-state index in [2.05, 4.69) is 12.4 Å². The lowest BCUT2D eigenvalue weighted by molar-refractivity contribution is 0.177. The SMILES string of the molecule is CNCC(C1CCCCC1)C1CCCC1. The van der Waals surface area contributed by atoms with E-state index in [-0.39, 0.29) is 0 Å². The summed E-state index contributed by atoms with van der Waals surface area (Å²) in [5.74, 6) is 3.10. The van der Waals surface area contributed by atoms with Crippen molar-refractivity contribution >= 4 is 0 Å². The predicted octanol–water partition coefficient (Wildman–Crippen LogP) is 3.59. The van der Waals surface area contributed by atoms with Gasteiger partial charge in [-0.2, -0.15) is 0 Å². The van der Waals surface area contributed by atoms with E-state index < -0.39 is 0 Å². The second kappa shape index (κ2) is 5.89. The van der Waals surface area contributed by atoms with Crippen molar-refractivity contribution in [1.82, 2.24) is 5.32 Å². The van der Waals surface area contributed by atoms with Gasteiger partial charge >= 0.3 is 0 Å². The van der Waals surface area contributed by atoms with Crippen LogP contribution >= 0.6 is 0 Å². The zero-order valence-electron chi connectivity index (χ0n) is 10.3. The molecule has 0 amide bonds. The smallest absolute Gasteiger partial charge is 0.00182 e. The van der Waals surface area contributed by atoms with Gasteiger partial charge in [-0.25, -0.2) is 0 Å². The standard InChI is InChI=1S/C14H27N/c1-15-11-14(13-9-5-6-10-13)12-7-3-2-4-8-12/h12-15H,2-11H2,1H3. The van der Waals surface area contributed by atoms with Crippen LogP contribution in [0.3, 0.4) is 0 Å². The normalized spacial score (nSPS) is 27.0.